The normalized spacial score (nSPS) is 13.7. The van der Waals surface area contributed by atoms with Crippen molar-refractivity contribution in [1.29, 1.82) is 0 Å². The molecule has 0 fully saturated rings. The lowest BCUT2D eigenvalue weighted by Gasteiger charge is -2.13. The number of halogens is 4. The van der Waals surface area contributed by atoms with E-state index in [9.17, 15) is 18.0 Å². The van der Waals surface area contributed by atoms with E-state index in [1.54, 1.807) is 0 Å². The molecule has 0 aliphatic heterocycles. The summed E-state index contributed by atoms with van der Waals surface area (Å²) >= 11 is 5.16. The average Bonchev–Trinajstić information content (AvgIpc) is 2.15. The molecule has 0 heterocycles. The molecule has 1 aromatic carbocycles. The summed E-state index contributed by atoms with van der Waals surface area (Å²) in [6, 6.07) is 4.97. The maximum atomic E-state index is 12.1. The van der Waals surface area contributed by atoms with Gasteiger partial charge in [-0.1, -0.05) is 24.3 Å². The number of carbonyl (C=O) groups excluding carboxylic acids is 1. The molecule has 1 aromatic rings. The Morgan fingerprint density at radius 2 is 1.71 bits per heavy atom. The van der Waals surface area contributed by atoms with E-state index in [0.717, 1.165) is 0 Å². The molecule has 0 aliphatic carbocycles. The van der Waals surface area contributed by atoms with Gasteiger partial charge >= 0.3 is 6.18 Å². The molecule has 1 rings (SSSR count). The predicted octanol–water partition coefficient (Wildman–Crippen LogP) is 3.34. The van der Waals surface area contributed by atoms with Crippen molar-refractivity contribution in [1.82, 2.24) is 0 Å². The Morgan fingerprint density at radius 3 is 2.07 bits per heavy atom. The zero-order chi connectivity index (χ0) is 10.8. The molecule has 0 radical (unpaired) electrons. The van der Waals surface area contributed by atoms with Crippen LogP contribution in [0, 0.1) is 0 Å². The Labute approximate surface area is 83.5 Å². The molecule has 1 atom stereocenters. The zero-order valence-electron chi connectivity index (χ0n) is 6.88. The van der Waals surface area contributed by atoms with E-state index in [1.807, 2.05) is 0 Å². The third-order valence-corrected chi connectivity index (χ3v) is 2.15. The van der Waals surface area contributed by atoms with Crippen LogP contribution in [0.3, 0.4) is 0 Å². The van der Waals surface area contributed by atoms with Gasteiger partial charge in [0.25, 0.3) is 0 Å². The molecule has 0 aromatic heterocycles. The first-order valence-corrected chi connectivity index (χ1v) is 4.14. The molecule has 0 saturated carbocycles. The van der Waals surface area contributed by atoms with Crippen molar-refractivity contribution in [2.75, 3.05) is 0 Å². The lowest BCUT2D eigenvalue weighted by molar-refractivity contribution is -0.131. The summed E-state index contributed by atoms with van der Waals surface area (Å²) in [7, 11) is 0. The van der Waals surface area contributed by atoms with E-state index in [0.29, 0.717) is 11.8 Å². The summed E-state index contributed by atoms with van der Waals surface area (Å²) in [4.78, 5) is 10.2. The van der Waals surface area contributed by atoms with Gasteiger partial charge in [0.15, 0.2) is 5.38 Å². The fourth-order valence-corrected chi connectivity index (χ4v) is 1.08. The van der Waals surface area contributed by atoms with Crippen molar-refractivity contribution in [3.63, 3.8) is 0 Å². The lowest BCUT2D eigenvalue weighted by atomic mass is 10.1. The van der Waals surface area contributed by atoms with Gasteiger partial charge in [-0.3, -0.25) is 4.79 Å². The lowest BCUT2D eigenvalue weighted by Crippen LogP contribution is -2.15. The van der Waals surface area contributed by atoms with Crippen LogP contribution < -0.4 is 0 Å². The number of aldehydes is 1. The predicted molar refractivity (Wildman–Crippen MR) is 46.5 cm³/mol. The molecule has 0 aliphatic rings. The highest BCUT2D eigenvalue weighted by molar-refractivity contribution is 6.21. The summed E-state index contributed by atoms with van der Waals surface area (Å²) in [5.41, 5.74) is 0.254. The van der Waals surface area contributed by atoms with E-state index in [4.69, 9.17) is 11.6 Å². The largest absolute Gasteiger partial charge is 0.408 e. The van der Waals surface area contributed by atoms with Crippen LogP contribution in [0.25, 0.3) is 0 Å². The topological polar surface area (TPSA) is 17.1 Å². The molecule has 76 valence electrons. The third-order valence-electron chi connectivity index (χ3n) is 1.65. The van der Waals surface area contributed by atoms with E-state index in [-0.39, 0.29) is 5.56 Å². The maximum Gasteiger partial charge on any atom is 0.408 e. The minimum absolute atomic E-state index is 0.0650. The molecular formula is C9H6ClF3O. The first-order chi connectivity index (χ1) is 6.45. The fourth-order valence-electron chi connectivity index (χ4n) is 0.933. The standard InChI is InChI=1S/C9H6ClF3O/c10-8(9(11,12)13)7-3-1-6(5-14)2-4-7/h1-5,8H. The van der Waals surface area contributed by atoms with Gasteiger partial charge in [-0.05, 0) is 5.56 Å². The van der Waals surface area contributed by atoms with Gasteiger partial charge in [0.1, 0.15) is 6.29 Å². The van der Waals surface area contributed by atoms with Gasteiger partial charge in [0, 0.05) is 5.56 Å². The van der Waals surface area contributed by atoms with Crippen LogP contribution >= 0.6 is 11.6 Å². The second kappa shape index (κ2) is 4.00. The van der Waals surface area contributed by atoms with Crippen molar-refractivity contribution in [3.05, 3.63) is 35.4 Å². The average molecular weight is 223 g/mol. The number of alkyl halides is 4. The summed E-state index contributed by atoms with van der Waals surface area (Å²) < 4.78 is 36.3. The molecule has 1 nitrogen and oxygen atoms in total. The van der Waals surface area contributed by atoms with Crippen LogP contribution in [0.2, 0.25) is 0 Å². The molecule has 14 heavy (non-hydrogen) atoms. The Hall–Kier alpha value is -1.03. The van der Waals surface area contributed by atoms with Gasteiger partial charge in [-0.15, -0.1) is 11.6 Å². The van der Waals surface area contributed by atoms with Crippen molar-refractivity contribution < 1.29 is 18.0 Å². The molecule has 5 heteroatoms. The Bertz CT molecular complexity index is 318. The summed E-state index contributed by atoms with van der Waals surface area (Å²) in [5, 5.41) is -2.02. The third kappa shape index (κ3) is 2.48. The fraction of sp³-hybridized carbons (Fsp3) is 0.222. The number of carbonyl (C=O) groups is 1. The first-order valence-electron chi connectivity index (χ1n) is 3.71. The molecule has 0 spiro atoms. The summed E-state index contributed by atoms with van der Waals surface area (Å²) in [6.45, 7) is 0. The summed E-state index contributed by atoms with van der Waals surface area (Å²) in [5.74, 6) is 0. The van der Waals surface area contributed by atoms with Gasteiger partial charge in [0.2, 0.25) is 0 Å². The van der Waals surface area contributed by atoms with Crippen LogP contribution in [0.4, 0.5) is 13.2 Å². The maximum absolute atomic E-state index is 12.1. The van der Waals surface area contributed by atoms with Crippen molar-refractivity contribution in [2.45, 2.75) is 11.6 Å². The van der Waals surface area contributed by atoms with Crippen LogP contribution in [-0.2, 0) is 0 Å². The van der Waals surface area contributed by atoms with Gasteiger partial charge in [0.05, 0.1) is 0 Å². The second-order valence-corrected chi connectivity index (χ2v) is 3.13. The SMILES string of the molecule is O=Cc1ccc(C(Cl)C(F)(F)F)cc1. The highest BCUT2D eigenvalue weighted by Gasteiger charge is 2.39. The molecule has 1 unspecified atom stereocenters. The molecule has 0 N–H and O–H groups in total. The minimum Gasteiger partial charge on any atom is -0.298 e. The van der Waals surface area contributed by atoms with Gasteiger partial charge in [-0.25, -0.2) is 0 Å². The summed E-state index contributed by atoms with van der Waals surface area (Å²) in [6.07, 6.45) is -3.91. The molecule has 0 saturated heterocycles. The number of hydrogen-bond donors (Lipinski definition) is 0. The van der Waals surface area contributed by atoms with E-state index < -0.39 is 11.6 Å². The van der Waals surface area contributed by atoms with Gasteiger partial charge < -0.3 is 0 Å². The van der Waals surface area contributed by atoms with Crippen molar-refractivity contribution in [2.24, 2.45) is 0 Å². The second-order valence-electron chi connectivity index (χ2n) is 2.69. The van der Waals surface area contributed by atoms with Crippen LogP contribution in [-0.4, -0.2) is 12.5 Å². The number of benzene rings is 1. The van der Waals surface area contributed by atoms with E-state index in [2.05, 4.69) is 0 Å². The number of hydrogen-bond acceptors (Lipinski definition) is 1. The van der Waals surface area contributed by atoms with Crippen molar-refractivity contribution in [3.8, 4) is 0 Å². The first kappa shape index (κ1) is 11.0. The Balaban J connectivity index is 2.92. The molecular weight excluding hydrogens is 217 g/mol. The van der Waals surface area contributed by atoms with Gasteiger partial charge in [-0.2, -0.15) is 13.2 Å². The monoisotopic (exact) mass is 222 g/mol. The number of rotatable bonds is 2. The molecule has 0 amide bonds. The van der Waals surface area contributed by atoms with Crippen LogP contribution in [0.15, 0.2) is 24.3 Å². The van der Waals surface area contributed by atoms with E-state index in [1.165, 1.54) is 24.3 Å². The zero-order valence-corrected chi connectivity index (χ0v) is 7.64. The Morgan fingerprint density at radius 1 is 1.21 bits per heavy atom. The quantitative estimate of drug-likeness (QED) is 0.554. The van der Waals surface area contributed by atoms with Crippen molar-refractivity contribution >= 4 is 17.9 Å². The Kier molecular flexibility index (Phi) is 3.16. The van der Waals surface area contributed by atoms with Crippen LogP contribution in [0.5, 0.6) is 0 Å². The highest BCUT2D eigenvalue weighted by atomic mass is 35.5. The van der Waals surface area contributed by atoms with E-state index >= 15 is 0 Å². The highest BCUT2D eigenvalue weighted by Crippen LogP contribution is 2.37. The minimum atomic E-state index is -4.47. The smallest absolute Gasteiger partial charge is 0.298 e. The van der Waals surface area contributed by atoms with Crippen LogP contribution in [0.1, 0.15) is 21.3 Å². The molecule has 0 bridgehead atoms.